The molecule has 3 heteroatoms. The Morgan fingerprint density at radius 2 is 2.17 bits per heavy atom. The Labute approximate surface area is 120 Å². The molecule has 102 valence electrons. The highest BCUT2D eigenvalue weighted by atomic mass is 35.5. The first-order chi connectivity index (χ1) is 8.56. The van der Waals surface area contributed by atoms with Gasteiger partial charge < -0.3 is 5.32 Å². The van der Waals surface area contributed by atoms with Crippen molar-refractivity contribution in [2.45, 2.75) is 52.6 Å². The molecule has 1 nitrogen and oxygen atoms in total. The van der Waals surface area contributed by atoms with Crippen LogP contribution >= 0.6 is 22.9 Å². The van der Waals surface area contributed by atoms with E-state index in [1.165, 1.54) is 24.1 Å². The Morgan fingerprint density at radius 1 is 1.39 bits per heavy atom. The Bertz CT molecular complexity index is 374. The van der Waals surface area contributed by atoms with Gasteiger partial charge >= 0.3 is 0 Å². The van der Waals surface area contributed by atoms with E-state index in [0.717, 1.165) is 28.6 Å². The van der Waals surface area contributed by atoms with Crippen LogP contribution in [-0.2, 0) is 6.54 Å². The lowest BCUT2D eigenvalue weighted by Crippen LogP contribution is -2.42. The first-order valence-corrected chi connectivity index (χ1v) is 8.23. The minimum atomic E-state index is 0.676. The lowest BCUT2D eigenvalue weighted by atomic mass is 9.74. The van der Waals surface area contributed by atoms with Crippen molar-refractivity contribution in [3.63, 3.8) is 0 Å². The van der Waals surface area contributed by atoms with Gasteiger partial charge in [0.25, 0.3) is 0 Å². The molecule has 3 atom stereocenters. The molecule has 1 aromatic rings. The zero-order chi connectivity index (χ0) is 13.1. The van der Waals surface area contributed by atoms with E-state index in [-0.39, 0.29) is 0 Å². The number of hydrogen-bond donors (Lipinski definition) is 1. The summed E-state index contributed by atoms with van der Waals surface area (Å²) in [6.45, 7) is 8.07. The van der Waals surface area contributed by atoms with E-state index in [4.69, 9.17) is 11.6 Å². The smallest absolute Gasteiger partial charge is 0.0931 e. The molecule has 1 aliphatic rings. The molecular weight excluding hydrogens is 262 g/mol. The van der Waals surface area contributed by atoms with Gasteiger partial charge in [0.2, 0.25) is 0 Å². The molecular formula is C15H24ClNS. The van der Waals surface area contributed by atoms with Gasteiger partial charge in [-0.15, -0.1) is 11.3 Å². The molecule has 18 heavy (non-hydrogen) atoms. The first kappa shape index (κ1) is 14.4. The maximum absolute atomic E-state index is 5.97. The Kier molecular flexibility index (Phi) is 5.11. The summed E-state index contributed by atoms with van der Waals surface area (Å²) >= 11 is 7.66. The lowest BCUT2D eigenvalue weighted by Gasteiger charge is -2.38. The summed E-state index contributed by atoms with van der Waals surface area (Å²) in [6.07, 6.45) is 4.09. The van der Waals surface area contributed by atoms with Crippen LogP contribution in [0.15, 0.2) is 12.1 Å². The quantitative estimate of drug-likeness (QED) is 0.825. The van der Waals surface area contributed by atoms with Crippen molar-refractivity contribution >= 4 is 22.9 Å². The molecule has 1 N–H and O–H groups in total. The lowest BCUT2D eigenvalue weighted by molar-refractivity contribution is 0.169. The summed E-state index contributed by atoms with van der Waals surface area (Å²) in [5.74, 6) is 2.47. The van der Waals surface area contributed by atoms with Gasteiger partial charge in [0.05, 0.1) is 4.34 Å². The van der Waals surface area contributed by atoms with Gasteiger partial charge in [0, 0.05) is 17.5 Å². The van der Waals surface area contributed by atoms with E-state index in [9.17, 15) is 0 Å². The highest BCUT2D eigenvalue weighted by molar-refractivity contribution is 7.16. The van der Waals surface area contributed by atoms with Gasteiger partial charge in [-0.1, -0.05) is 38.8 Å². The van der Waals surface area contributed by atoms with E-state index in [0.29, 0.717) is 6.04 Å². The summed E-state index contributed by atoms with van der Waals surface area (Å²) in [6, 6.07) is 4.80. The predicted octanol–water partition coefficient (Wildman–Crippen LogP) is 4.95. The third-order valence-electron chi connectivity index (χ3n) is 4.19. The second kappa shape index (κ2) is 6.40. The predicted molar refractivity (Wildman–Crippen MR) is 81.3 cm³/mol. The Hall–Kier alpha value is -0.0500. The van der Waals surface area contributed by atoms with Crippen molar-refractivity contribution in [2.75, 3.05) is 0 Å². The van der Waals surface area contributed by atoms with Crippen LogP contribution in [0, 0.1) is 17.8 Å². The Morgan fingerprint density at radius 3 is 2.78 bits per heavy atom. The van der Waals surface area contributed by atoms with Gasteiger partial charge in [-0.25, -0.2) is 0 Å². The number of hydrogen-bond acceptors (Lipinski definition) is 2. The van der Waals surface area contributed by atoms with Crippen LogP contribution in [0.3, 0.4) is 0 Å². The van der Waals surface area contributed by atoms with E-state index in [1.807, 2.05) is 6.07 Å². The summed E-state index contributed by atoms with van der Waals surface area (Å²) in [5, 5.41) is 3.76. The maximum atomic E-state index is 5.97. The van der Waals surface area contributed by atoms with Crippen LogP contribution in [0.2, 0.25) is 4.34 Å². The minimum Gasteiger partial charge on any atom is -0.309 e. The second-order valence-electron chi connectivity index (χ2n) is 6.02. The van der Waals surface area contributed by atoms with E-state index in [1.54, 1.807) is 11.3 Å². The number of nitrogens with one attached hydrogen (secondary N) is 1. The molecule has 0 amide bonds. The summed E-state index contributed by atoms with van der Waals surface area (Å²) in [5.41, 5.74) is 0. The minimum absolute atomic E-state index is 0.676. The average Bonchev–Trinajstić information content (AvgIpc) is 2.72. The van der Waals surface area contributed by atoms with Crippen LogP contribution < -0.4 is 5.32 Å². The summed E-state index contributed by atoms with van der Waals surface area (Å²) < 4.78 is 0.893. The molecule has 0 aromatic carbocycles. The molecule has 1 aliphatic carbocycles. The molecule has 0 radical (unpaired) electrons. The first-order valence-electron chi connectivity index (χ1n) is 7.04. The molecule has 0 bridgehead atoms. The number of thiophene rings is 1. The zero-order valence-electron chi connectivity index (χ0n) is 11.6. The van der Waals surface area contributed by atoms with Crippen LogP contribution in [0.5, 0.6) is 0 Å². The topological polar surface area (TPSA) is 12.0 Å². The largest absolute Gasteiger partial charge is 0.309 e. The fraction of sp³-hybridized carbons (Fsp3) is 0.733. The van der Waals surface area contributed by atoms with Gasteiger partial charge in [0.1, 0.15) is 0 Å². The van der Waals surface area contributed by atoms with Crippen molar-refractivity contribution in [3.05, 3.63) is 21.3 Å². The van der Waals surface area contributed by atoms with Crippen LogP contribution in [-0.4, -0.2) is 6.04 Å². The molecule has 0 spiro atoms. The molecule has 1 fully saturated rings. The fourth-order valence-electron chi connectivity index (χ4n) is 3.12. The van der Waals surface area contributed by atoms with Gasteiger partial charge in [-0.3, -0.25) is 0 Å². The highest BCUT2D eigenvalue weighted by Gasteiger charge is 2.30. The van der Waals surface area contributed by atoms with Gasteiger partial charge in [-0.2, -0.15) is 0 Å². The average molecular weight is 286 g/mol. The molecule has 1 heterocycles. The van der Waals surface area contributed by atoms with E-state index >= 15 is 0 Å². The van der Waals surface area contributed by atoms with Crippen molar-refractivity contribution in [3.8, 4) is 0 Å². The van der Waals surface area contributed by atoms with E-state index in [2.05, 4.69) is 32.2 Å². The fourth-order valence-corrected chi connectivity index (χ4v) is 4.15. The molecule has 1 saturated carbocycles. The van der Waals surface area contributed by atoms with Crippen molar-refractivity contribution in [1.82, 2.24) is 5.32 Å². The van der Waals surface area contributed by atoms with Crippen LogP contribution in [0.1, 0.15) is 44.9 Å². The van der Waals surface area contributed by atoms with Crippen molar-refractivity contribution in [1.29, 1.82) is 0 Å². The van der Waals surface area contributed by atoms with Crippen molar-refractivity contribution in [2.24, 2.45) is 17.8 Å². The standard InChI is InChI=1S/C15H24ClNS/c1-10(2)13-6-4-11(3)8-14(13)17-9-12-5-7-15(16)18-12/h5,7,10-11,13-14,17H,4,6,8-9H2,1-3H3. The van der Waals surface area contributed by atoms with Gasteiger partial charge in [-0.05, 0) is 42.7 Å². The number of rotatable bonds is 4. The van der Waals surface area contributed by atoms with Gasteiger partial charge in [0.15, 0.2) is 0 Å². The Balaban J connectivity index is 1.92. The van der Waals surface area contributed by atoms with Crippen molar-refractivity contribution < 1.29 is 0 Å². The normalized spacial score (nSPS) is 28.8. The third kappa shape index (κ3) is 3.72. The summed E-state index contributed by atoms with van der Waals surface area (Å²) in [4.78, 5) is 1.35. The molecule has 2 rings (SSSR count). The molecule has 1 aromatic heterocycles. The van der Waals surface area contributed by atoms with Crippen LogP contribution in [0.4, 0.5) is 0 Å². The molecule has 0 saturated heterocycles. The molecule has 3 unspecified atom stereocenters. The summed E-state index contributed by atoms with van der Waals surface area (Å²) in [7, 11) is 0. The second-order valence-corrected chi connectivity index (χ2v) is 7.82. The van der Waals surface area contributed by atoms with E-state index < -0.39 is 0 Å². The molecule has 0 aliphatic heterocycles. The zero-order valence-corrected chi connectivity index (χ0v) is 13.2. The third-order valence-corrected chi connectivity index (χ3v) is 5.42. The van der Waals surface area contributed by atoms with Crippen LogP contribution in [0.25, 0.3) is 0 Å². The maximum Gasteiger partial charge on any atom is 0.0931 e. The monoisotopic (exact) mass is 285 g/mol. The SMILES string of the molecule is CC1CCC(C(C)C)C(NCc2ccc(Cl)s2)C1. The highest BCUT2D eigenvalue weighted by Crippen LogP contribution is 2.33. The number of halogens is 1.